The number of carbonyl (C=O) groups is 1. The molecule has 20 heavy (non-hydrogen) atoms. The van der Waals surface area contributed by atoms with Gasteiger partial charge >= 0.3 is 0 Å². The zero-order valence-corrected chi connectivity index (χ0v) is 11.8. The Morgan fingerprint density at radius 1 is 1.20 bits per heavy atom. The van der Waals surface area contributed by atoms with Crippen LogP contribution in [0.1, 0.15) is 10.4 Å². The van der Waals surface area contributed by atoms with Crippen molar-refractivity contribution in [2.24, 2.45) is 0 Å². The highest BCUT2D eigenvalue weighted by molar-refractivity contribution is 6.30. The number of ether oxygens (including phenoxy) is 2. The van der Waals surface area contributed by atoms with Gasteiger partial charge in [0.15, 0.2) is 0 Å². The monoisotopic (exact) mass is 292 g/mol. The van der Waals surface area contributed by atoms with Gasteiger partial charge in [0, 0.05) is 11.2 Å². The van der Waals surface area contributed by atoms with Crippen molar-refractivity contribution in [3.05, 3.63) is 47.1 Å². The van der Waals surface area contributed by atoms with E-state index in [1.165, 1.54) is 20.4 Å². The molecule has 0 bridgehead atoms. The quantitative estimate of drug-likeness (QED) is 0.941. The maximum atomic E-state index is 12.3. The zero-order chi connectivity index (χ0) is 14.5. The number of pyridine rings is 1. The number of hydrogen-bond donors (Lipinski definition) is 1. The smallest absolute Gasteiger partial charge is 0.264 e. The molecule has 0 aliphatic carbocycles. The fourth-order valence-electron chi connectivity index (χ4n) is 1.73. The highest BCUT2D eigenvalue weighted by Crippen LogP contribution is 2.29. The number of methoxy groups -OCH3 is 2. The van der Waals surface area contributed by atoms with E-state index in [1.54, 1.807) is 30.3 Å². The fourth-order valence-corrected chi connectivity index (χ4v) is 1.89. The van der Waals surface area contributed by atoms with Crippen molar-refractivity contribution in [2.45, 2.75) is 0 Å². The van der Waals surface area contributed by atoms with E-state index < -0.39 is 0 Å². The molecule has 6 heteroatoms. The minimum absolute atomic E-state index is 0.305. The minimum Gasteiger partial charge on any atom is -0.496 e. The molecule has 0 unspecified atom stereocenters. The van der Waals surface area contributed by atoms with Crippen LogP contribution in [0.5, 0.6) is 11.5 Å². The van der Waals surface area contributed by atoms with E-state index in [2.05, 4.69) is 10.3 Å². The van der Waals surface area contributed by atoms with Crippen LogP contribution in [0.2, 0.25) is 5.02 Å². The summed E-state index contributed by atoms with van der Waals surface area (Å²) in [5.41, 5.74) is 0.305. The summed E-state index contributed by atoms with van der Waals surface area (Å²) in [6.45, 7) is 0. The van der Waals surface area contributed by atoms with Gasteiger partial charge in [-0.3, -0.25) is 4.79 Å². The van der Waals surface area contributed by atoms with Crippen LogP contribution in [0.15, 0.2) is 36.5 Å². The normalized spacial score (nSPS) is 9.95. The van der Waals surface area contributed by atoms with Gasteiger partial charge in [-0.2, -0.15) is 0 Å². The lowest BCUT2D eigenvalue weighted by Crippen LogP contribution is -2.15. The van der Waals surface area contributed by atoms with Gasteiger partial charge in [0.05, 0.1) is 14.2 Å². The van der Waals surface area contributed by atoms with Gasteiger partial charge in [-0.25, -0.2) is 4.98 Å². The van der Waals surface area contributed by atoms with Gasteiger partial charge in [0.1, 0.15) is 22.9 Å². The minimum atomic E-state index is -0.380. The maximum absolute atomic E-state index is 12.3. The van der Waals surface area contributed by atoms with E-state index in [9.17, 15) is 4.79 Å². The molecule has 0 radical (unpaired) electrons. The molecule has 0 aliphatic rings. The Bertz CT molecular complexity index is 609. The molecule has 0 atom stereocenters. The Kier molecular flexibility index (Phi) is 4.42. The molecule has 2 rings (SSSR count). The molecule has 1 N–H and O–H groups in total. The van der Waals surface area contributed by atoms with E-state index >= 15 is 0 Å². The van der Waals surface area contributed by atoms with Crippen molar-refractivity contribution < 1.29 is 14.3 Å². The molecule has 0 saturated heterocycles. The van der Waals surface area contributed by atoms with Crippen LogP contribution >= 0.6 is 11.6 Å². The van der Waals surface area contributed by atoms with E-state index in [-0.39, 0.29) is 5.91 Å². The molecule has 0 fully saturated rings. The Balaban J connectivity index is 2.33. The number of amides is 1. The van der Waals surface area contributed by atoms with Gasteiger partial charge in [-0.15, -0.1) is 0 Å². The Morgan fingerprint density at radius 2 is 1.85 bits per heavy atom. The van der Waals surface area contributed by atoms with Crippen LogP contribution in [-0.4, -0.2) is 25.1 Å². The first-order valence-electron chi connectivity index (χ1n) is 5.79. The zero-order valence-electron chi connectivity index (χ0n) is 11.0. The summed E-state index contributed by atoms with van der Waals surface area (Å²) in [4.78, 5) is 16.3. The molecule has 0 spiro atoms. The predicted octanol–water partition coefficient (Wildman–Crippen LogP) is 3.00. The summed E-state index contributed by atoms with van der Waals surface area (Å²) in [5, 5.41) is 3.14. The molecule has 2 aromatic rings. The van der Waals surface area contributed by atoms with E-state index in [0.717, 1.165) is 0 Å². The van der Waals surface area contributed by atoms with E-state index in [1.807, 2.05) is 0 Å². The summed E-state index contributed by atoms with van der Waals surface area (Å²) >= 11 is 5.85. The SMILES string of the molecule is COc1cccc(OC)c1C(=O)Nc1cc(Cl)ccn1. The summed E-state index contributed by atoms with van der Waals surface area (Å²) in [6.07, 6.45) is 1.51. The van der Waals surface area contributed by atoms with Gasteiger partial charge in [-0.1, -0.05) is 17.7 Å². The first-order valence-corrected chi connectivity index (χ1v) is 6.17. The Hall–Kier alpha value is -2.27. The lowest BCUT2D eigenvalue weighted by atomic mass is 10.1. The number of carbonyl (C=O) groups excluding carboxylic acids is 1. The number of benzene rings is 1. The lowest BCUT2D eigenvalue weighted by molar-refractivity contribution is 0.102. The lowest BCUT2D eigenvalue weighted by Gasteiger charge is -2.12. The molecule has 104 valence electrons. The molecule has 1 heterocycles. The van der Waals surface area contributed by atoms with Crippen molar-refractivity contribution in [3.8, 4) is 11.5 Å². The first-order chi connectivity index (χ1) is 9.65. The van der Waals surface area contributed by atoms with Crippen molar-refractivity contribution >= 4 is 23.3 Å². The fraction of sp³-hybridized carbons (Fsp3) is 0.143. The van der Waals surface area contributed by atoms with Gasteiger partial charge in [0.25, 0.3) is 5.91 Å². The van der Waals surface area contributed by atoms with Gasteiger partial charge in [-0.05, 0) is 24.3 Å². The number of halogens is 1. The van der Waals surface area contributed by atoms with Crippen molar-refractivity contribution in [3.63, 3.8) is 0 Å². The number of hydrogen-bond acceptors (Lipinski definition) is 4. The number of anilines is 1. The number of rotatable bonds is 4. The molecule has 1 amide bonds. The van der Waals surface area contributed by atoms with Gasteiger partial charge < -0.3 is 14.8 Å². The summed E-state index contributed by atoms with van der Waals surface area (Å²) in [6, 6.07) is 8.29. The van der Waals surface area contributed by atoms with Crippen molar-refractivity contribution in [1.82, 2.24) is 4.98 Å². The third kappa shape index (κ3) is 3.00. The van der Waals surface area contributed by atoms with Crippen LogP contribution in [0.25, 0.3) is 0 Å². The van der Waals surface area contributed by atoms with Crippen LogP contribution in [0.3, 0.4) is 0 Å². The topological polar surface area (TPSA) is 60.5 Å². The Labute approximate surface area is 121 Å². The second-order valence-electron chi connectivity index (χ2n) is 3.85. The number of nitrogens with zero attached hydrogens (tertiary/aromatic N) is 1. The molecule has 5 nitrogen and oxygen atoms in total. The predicted molar refractivity (Wildman–Crippen MR) is 76.7 cm³/mol. The maximum Gasteiger partial charge on any atom is 0.264 e. The van der Waals surface area contributed by atoms with Gasteiger partial charge in [0.2, 0.25) is 0 Å². The third-order valence-corrected chi connectivity index (χ3v) is 2.85. The Morgan fingerprint density at radius 3 is 2.40 bits per heavy atom. The van der Waals surface area contributed by atoms with E-state index in [0.29, 0.717) is 27.9 Å². The molecular formula is C14H13ClN2O3. The van der Waals surface area contributed by atoms with Crippen LogP contribution in [0.4, 0.5) is 5.82 Å². The van der Waals surface area contributed by atoms with Crippen LogP contribution in [0, 0.1) is 0 Å². The second-order valence-corrected chi connectivity index (χ2v) is 4.29. The van der Waals surface area contributed by atoms with Crippen molar-refractivity contribution in [1.29, 1.82) is 0 Å². The molecule has 0 aliphatic heterocycles. The molecule has 0 saturated carbocycles. The van der Waals surface area contributed by atoms with E-state index in [4.69, 9.17) is 21.1 Å². The first kappa shape index (κ1) is 14.1. The molecular weight excluding hydrogens is 280 g/mol. The standard InChI is InChI=1S/C14H13ClN2O3/c1-19-10-4-3-5-11(20-2)13(10)14(18)17-12-8-9(15)6-7-16-12/h3-8H,1-2H3,(H,16,17,18). The summed E-state index contributed by atoms with van der Waals surface area (Å²) < 4.78 is 10.4. The highest BCUT2D eigenvalue weighted by Gasteiger charge is 2.18. The van der Waals surface area contributed by atoms with Crippen LogP contribution < -0.4 is 14.8 Å². The number of aromatic nitrogens is 1. The second kappa shape index (κ2) is 6.25. The largest absolute Gasteiger partial charge is 0.496 e. The average Bonchev–Trinajstić information content (AvgIpc) is 2.46. The molecule has 1 aromatic heterocycles. The van der Waals surface area contributed by atoms with Crippen LogP contribution in [-0.2, 0) is 0 Å². The van der Waals surface area contributed by atoms with Crippen molar-refractivity contribution in [2.75, 3.05) is 19.5 Å². The highest BCUT2D eigenvalue weighted by atomic mass is 35.5. The number of nitrogens with one attached hydrogen (secondary N) is 1. The average molecular weight is 293 g/mol. The molecule has 1 aromatic carbocycles. The third-order valence-electron chi connectivity index (χ3n) is 2.62. The summed E-state index contributed by atoms with van der Waals surface area (Å²) in [7, 11) is 2.98. The summed E-state index contributed by atoms with van der Waals surface area (Å²) in [5.74, 6) is 0.817.